The van der Waals surface area contributed by atoms with Crippen molar-refractivity contribution in [1.82, 2.24) is 0 Å². The van der Waals surface area contributed by atoms with E-state index in [4.69, 9.17) is 4.74 Å². The molecule has 0 unspecified atom stereocenters. The van der Waals surface area contributed by atoms with E-state index < -0.39 is 5.60 Å². The Kier molecular flexibility index (Phi) is 1.57. The van der Waals surface area contributed by atoms with E-state index in [-0.39, 0.29) is 5.91 Å². The largest absolute Gasteiger partial charge is 0.485 e. The lowest BCUT2D eigenvalue weighted by molar-refractivity contribution is -0.133. The molecule has 0 fully saturated rings. The van der Waals surface area contributed by atoms with Gasteiger partial charge in [0, 0.05) is 6.21 Å². The highest BCUT2D eigenvalue weighted by molar-refractivity contribution is 5.94. The number of ether oxygens (including phenoxy) is 1. The number of hydrogen-bond acceptors (Lipinski definition) is 2. The third-order valence-electron chi connectivity index (χ3n) is 1.23. The highest BCUT2D eigenvalue weighted by Crippen LogP contribution is 2.12. The smallest absolute Gasteiger partial charge is 0.289 e. The molecule has 54 valence electrons. The second-order valence-corrected chi connectivity index (χ2v) is 2.54. The average Bonchev–Trinajstić information content (AvgIpc) is 1.96. The molecule has 0 aromatic heterocycles. The molecule has 3 nitrogen and oxygen atoms in total. The Labute approximate surface area is 59.4 Å². The van der Waals surface area contributed by atoms with E-state index in [1.54, 1.807) is 19.9 Å². The van der Waals surface area contributed by atoms with Gasteiger partial charge in [-0.05, 0) is 19.9 Å². The summed E-state index contributed by atoms with van der Waals surface area (Å²) in [5, 5.41) is 0. The van der Waals surface area contributed by atoms with E-state index in [0.717, 1.165) is 0 Å². The standard InChI is InChI=1S/C7H9NO2/c1-7(2)6(9)8-4-3-5-10-7/h3-5H,1-2H3. The maximum absolute atomic E-state index is 11.0. The molecule has 0 atom stereocenters. The van der Waals surface area contributed by atoms with Gasteiger partial charge in [-0.15, -0.1) is 0 Å². The van der Waals surface area contributed by atoms with Crippen molar-refractivity contribution in [2.75, 3.05) is 0 Å². The van der Waals surface area contributed by atoms with Gasteiger partial charge >= 0.3 is 0 Å². The van der Waals surface area contributed by atoms with Gasteiger partial charge in [-0.1, -0.05) is 0 Å². The quantitative estimate of drug-likeness (QED) is 0.500. The van der Waals surface area contributed by atoms with Gasteiger partial charge in [0.05, 0.1) is 6.26 Å². The first-order chi connectivity index (χ1) is 4.63. The van der Waals surface area contributed by atoms with Crippen LogP contribution in [0.15, 0.2) is 17.3 Å². The Balaban J connectivity index is 2.86. The van der Waals surface area contributed by atoms with Crippen LogP contribution >= 0.6 is 0 Å². The predicted octanol–water partition coefficient (Wildman–Crippen LogP) is 0.906. The van der Waals surface area contributed by atoms with Crippen LogP contribution in [0, 0.1) is 0 Å². The van der Waals surface area contributed by atoms with Crippen LogP contribution in [0.2, 0.25) is 0 Å². The molecular weight excluding hydrogens is 130 g/mol. The second-order valence-electron chi connectivity index (χ2n) is 2.54. The SMILES string of the molecule is CC1(C)OC=CC=NC1=O. The van der Waals surface area contributed by atoms with Crippen LogP contribution in [0.25, 0.3) is 0 Å². The van der Waals surface area contributed by atoms with Crippen LogP contribution in [0.5, 0.6) is 0 Å². The van der Waals surface area contributed by atoms with E-state index in [0.29, 0.717) is 0 Å². The lowest BCUT2D eigenvalue weighted by Crippen LogP contribution is -2.31. The van der Waals surface area contributed by atoms with Gasteiger partial charge in [0.1, 0.15) is 0 Å². The number of rotatable bonds is 0. The molecule has 10 heavy (non-hydrogen) atoms. The summed E-state index contributed by atoms with van der Waals surface area (Å²) in [6.45, 7) is 3.37. The Hall–Kier alpha value is -1.12. The van der Waals surface area contributed by atoms with Gasteiger partial charge in [0.25, 0.3) is 5.91 Å². The molecule has 0 aromatic rings. The fourth-order valence-corrected chi connectivity index (χ4v) is 0.561. The Morgan fingerprint density at radius 2 is 2.30 bits per heavy atom. The summed E-state index contributed by atoms with van der Waals surface area (Å²) >= 11 is 0. The van der Waals surface area contributed by atoms with Crippen molar-refractivity contribution >= 4 is 12.1 Å². The number of allylic oxidation sites excluding steroid dienone is 1. The number of hydrogen-bond donors (Lipinski definition) is 0. The van der Waals surface area contributed by atoms with Gasteiger partial charge in [0.15, 0.2) is 5.60 Å². The molecule has 0 aliphatic carbocycles. The highest BCUT2D eigenvalue weighted by atomic mass is 16.5. The molecule has 0 spiro atoms. The Bertz CT molecular complexity index is 204. The Morgan fingerprint density at radius 1 is 1.60 bits per heavy atom. The van der Waals surface area contributed by atoms with E-state index in [1.807, 2.05) is 0 Å². The first kappa shape index (κ1) is 6.99. The molecule has 3 heteroatoms. The zero-order valence-corrected chi connectivity index (χ0v) is 6.00. The topological polar surface area (TPSA) is 38.7 Å². The van der Waals surface area contributed by atoms with Gasteiger partial charge in [-0.2, -0.15) is 0 Å². The van der Waals surface area contributed by atoms with E-state index in [9.17, 15) is 4.79 Å². The summed E-state index contributed by atoms with van der Waals surface area (Å²) < 4.78 is 5.05. The molecule has 1 rings (SSSR count). The minimum absolute atomic E-state index is 0.252. The number of aliphatic imine (C=N–C) groups is 1. The van der Waals surface area contributed by atoms with Crippen LogP contribution in [-0.2, 0) is 9.53 Å². The molecule has 1 heterocycles. The van der Waals surface area contributed by atoms with Crippen LogP contribution in [-0.4, -0.2) is 17.7 Å². The summed E-state index contributed by atoms with van der Waals surface area (Å²) in [6.07, 6.45) is 4.48. The van der Waals surface area contributed by atoms with Crippen molar-refractivity contribution in [3.63, 3.8) is 0 Å². The Morgan fingerprint density at radius 3 is 3.00 bits per heavy atom. The average molecular weight is 139 g/mol. The second kappa shape index (κ2) is 2.25. The maximum atomic E-state index is 11.0. The molecule has 0 aromatic carbocycles. The summed E-state index contributed by atoms with van der Waals surface area (Å²) in [5.74, 6) is -0.252. The third-order valence-corrected chi connectivity index (χ3v) is 1.23. The fourth-order valence-electron chi connectivity index (χ4n) is 0.561. The minimum atomic E-state index is -0.802. The van der Waals surface area contributed by atoms with Crippen molar-refractivity contribution in [3.05, 3.63) is 12.3 Å². The molecular formula is C7H9NO2. The van der Waals surface area contributed by atoms with Crippen LogP contribution < -0.4 is 0 Å². The van der Waals surface area contributed by atoms with Crippen molar-refractivity contribution in [2.45, 2.75) is 19.4 Å². The number of carbonyl (C=O) groups is 1. The van der Waals surface area contributed by atoms with Crippen LogP contribution in [0.1, 0.15) is 13.8 Å². The van der Waals surface area contributed by atoms with Gasteiger partial charge < -0.3 is 4.74 Å². The van der Waals surface area contributed by atoms with Crippen LogP contribution in [0.3, 0.4) is 0 Å². The molecule has 0 saturated carbocycles. The highest BCUT2D eigenvalue weighted by Gasteiger charge is 2.28. The number of nitrogens with zero attached hydrogens (tertiary/aromatic N) is 1. The predicted molar refractivity (Wildman–Crippen MR) is 37.8 cm³/mol. The lowest BCUT2D eigenvalue weighted by atomic mass is 10.1. The van der Waals surface area contributed by atoms with Gasteiger partial charge in [0.2, 0.25) is 0 Å². The number of carbonyl (C=O) groups excluding carboxylic acids is 1. The summed E-state index contributed by atoms with van der Waals surface area (Å²) in [5.41, 5.74) is -0.802. The molecule has 0 radical (unpaired) electrons. The van der Waals surface area contributed by atoms with E-state index in [2.05, 4.69) is 4.99 Å². The first-order valence-corrected chi connectivity index (χ1v) is 3.04. The monoisotopic (exact) mass is 139 g/mol. The summed E-state index contributed by atoms with van der Waals surface area (Å²) in [6, 6.07) is 0. The van der Waals surface area contributed by atoms with Crippen molar-refractivity contribution in [2.24, 2.45) is 4.99 Å². The van der Waals surface area contributed by atoms with Gasteiger partial charge in [-0.25, -0.2) is 4.99 Å². The van der Waals surface area contributed by atoms with Gasteiger partial charge in [-0.3, -0.25) is 4.79 Å². The molecule has 0 N–H and O–H groups in total. The molecule has 1 amide bonds. The fraction of sp³-hybridized carbons (Fsp3) is 0.429. The summed E-state index contributed by atoms with van der Waals surface area (Å²) in [7, 11) is 0. The van der Waals surface area contributed by atoms with Crippen LogP contribution in [0.4, 0.5) is 0 Å². The minimum Gasteiger partial charge on any atom is -0.485 e. The zero-order chi connectivity index (χ0) is 7.61. The van der Waals surface area contributed by atoms with E-state index >= 15 is 0 Å². The van der Waals surface area contributed by atoms with Crippen molar-refractivity contribution in [1.29, 1.82) is 0 Å². The third kappa shape index (κ3) is 1.23. The maximum Gasteiger partial charge on any atom is 0.289 e. The zero-order valence-electron chi connectivity index (χ0n) is 6.00. The number of amides is 1. The van der Waals surface area contributed by atoms with Crippen molar-refractivity contribution < 1.29 is 9.53 Å². The molecule has 0 bridgehead atoms. The first-order valence-electron chi connectivity index (χ1n) is 3.04. The lowest BCUT2D eigenvalue weighted by Gasteiger charge is -2.17. The molecule has 1 aliphatic heterocycles. The molecule has 1 aliphatic rings. The summed E-state index contributed by atoms with van der Waals surface area (Å²) in [4.78, 5) is 14.6. The van der Waals surface area contributed by atoms with E-state index in [1.165, 1.54) is 12.5 Å². The van der Waals surface area contributed by atoms with Crippen molar-refractivity contribution in [3.8, 4) is 0 Å². The molecule has 0 saturated heterocycles. The normalized spacial score (nSPS) is 22.0.